The average molecular weight is 246 g/mol. The molecular weight excluding hydrogens is 228 g/mol. The van der Waals surface area contributed by atoms with E-state index < -0.39 is 0 Å². The molecule has 1 fully saturated rings. The van der Waals surface area contributed by atoms with Gasteiger partial charge in [0.25, 0.3) is 5.91 Å². The van der Waals surface area contributed by atoms with E-state index in [4.69, 9.17) is 4.74 Å². The predicted molar refractivity (Wildman–Crippen MR) is 68.6 cm³/mol. The first-order valence-corrected chi connectivity index (χ1v) is 6.44. The van der Waals surface area contributed by atoms with Crippen molar-refractivity contribution in [2.24, 2.45) is 0 Å². The van der Waals surface area contributed by atoms with Gasteiger partial charge in [-0.1, -0.05) is 18.2 Å². The summed E-state index contributed by atoms with van der Waals surface area (Å²) in [4.78, 5) is 12.2. The lowest BCUT2D eigenvalue weighted by Gasteiger charge is -2.26. The Balaban J connectivity index is 1.65. The van der Waals surface area contributed by atoms with Gasteiger partial charge in [0.05, 0.1) is 5.54 Å². The molecule has 0 radical (unpaired) electrons. The first kappa shape index (κ1) is 11.5. The van der Waals surface area contributed by atoms with Crippen LogP contribution in [-0.4, -0.2) is 30.6 Å². The highest BCUT2D eigenvalue weighted by Crippen LogP contribution is 2.28. The van der Waals surface area contributed by atoms with E-state index in [9.17, 15) is 4.79 Å². The molecule has 2 unspecified atom stereocenters. The van der Waals surface area contributed by atoms with Crippen LogP contribution in [0.15, 0.2) is 24.3 Å². The fourth-order valence-electron chi connectivity index (χ4n) is 2.63. The van der Waals surface area contributed by atoms with Crippen molar-refractivity contribution < 1.29 is 9.53 Å². The second kappa shape index (κ2) is 4.28. The standard InChI is InChI=1S/C14H18N2O2/c1-14(6-7-15-9-14)16-13(17)12-8-10-4-2-3-5-11(10)18-12/h2-5,12,15H,6-9H2,1H3,(H,16,17). The number of para-hydroxylation sites is 1. The van der Waals surface area contributed by atoms with Crippen molar-refractivity contribution in [3.63, 3.8) is 0 Å². The first-order valence-electron chi connectivity index (χ1n) is 6.44. The number of fused-ring (bicyclic) bond motifs is 1. The molecule has 1 aromatic rings. The molecule has 2 heterocycles. The minimum absolute atomic E-state index is 0.00241. The summed E-state index contributed by atoms with van der Waals surface area (Å²) in [5, 5.41) is 6.38. The maximum atomic E-state index is 12.2. The summed E-state index contributed by atoms with van der Waals surface area (Å²) in [6.07, 6.45) is 1.27. The molecule has 0 saturated carbocycles. The molecule has 0 aliphatic carbocycles. The molecule has 1 amide bonds. The number of carbonyl (C=O) groups excluding carboxylic acids is 1. The molecule has 2 N–H and O–H groups in total. The van der Waals surface area contributed by atoms with Crippen molar-refractivity contribution in [1.82, 2.24) is 10.6 Å². The number of nitrogens with one attached hydrogen (secondary N) is 2. The minimum Gasteiger partial charge on any atom is -0.480 e. The highest BCUT2D eigenvalue weighted by atomic mass is 16.5. The number of carbonyl (C=O) groups is 1. The van der Waals surface area contributed by atoms with Gasteiger partial charge in [0.15, 0.2) is 6.10 Å². The molecule has 96 valence electrons. The van der Waals surface area contributed by atoms with E-state index in [2.05, 4.69) is 17.6 Å². The highest BCUT2D eigenvalue weighted by molar-refractivity contribution is 5.83. The van der Waals surface area contributed by atoms with Crippen molar-refractivity contribution in [3.8, 4) is 5.75 Å². The van der Waals surface area contributed by atoms with E-state index >= 15 is 0 Å². The van der Waals surface area contributed by atoms with E-state index in [1.165, 1.54) is 0 Å². The monoisotopic (exact) mass is 246 g/mol. The van der Waals surface area contributed by atoms with Crippen LogP contribution in [0.5, 0.6) is 5.75 Å². The molecular formula is C14H18N2O2. The van der Waals surface area contributed by atoms with Crippen molar-refractivity contribution in [1.29, 1.82) is 0 Å². The van der Waals surface area contributed by atoms with Crippen LogP contribution in [0.2, 0.25) is 0 Å². The summed E-state index contributed by atoms with van der Waals surface area (Å²) in [7, 11) is 0. The van der Waals surface area contributed by atoms with Crippen LogP contribution in [0.25, 0.3) is 0 Å². The van der Waals surface area contributed by atoms with Crippen molar-refractivity contribution in [2.45, 2.75) is 31.4 Å². The lowest BCUT2D eigenvalue weighted by molar-refractivity contribution is -0.128. The first-order chi connectivity index (χ1) is 8.66. The van der Waals surface area contributed by atoms with Crippen LogP contribution < -0.4 is 15.4 Å². The van der Waals surface area contributed by atoms with Gasteiger partial charge in [-0.15, -0.1) is 0 Å². The van der Waals surface area contributed by atoms with Gasteiger partial charge in [0.1, 0.15) is 5.75 Å². The van der Waals surface area contributed by atoms with E-state index in [1.54, 1.807) is 0 Å². The minimum atomic E-state index is -0.375. The Morgan fingerprint density at radius 3 is 3.06 bits per heavy atom. The zero-order valence-corrected chi connectivity index (χ0v) is 10.5. The van der Waals surface area contributed by atoms with E-state index in [-0.39, 0.29) is 17.6 Å². The lowest BCUT2D eigenvalue weighted by Crippen LogP contribution is -2.52. The van der Waals surface area contributed by atoms with Crippen LogP contribution in [0.4, 0.5) is 0 Å². The van der Waals surface area contributed by atoms with Crippen molar-refractivity contribution in [3.05, 3.63) is 29.8 Å². The number of hydrogen-bond donors (Lipinski definition) is 2. The Morgan fingerprint density at radius 2 is 2.33 bits per heavy atom. The maximum absolute atomic E-state index is 12.2. The smallest absolute Gasteiger partial charge is 0.261 e. The molecule has 4 heteroatoms. The largest absolute Gasteiger partial charge is 0.480 e. The Morgan fingerprint density at radius 1 is 1.50 bits per heavy atom. The number of rotatable bonds is 2. The van der Waals surface area contributed by atoms with Gasteiger partial charge >= 0.3 is 0 Å². The maximum Gasteiger partial charge on any atom is 0.261 e. The normalized spacial score (nSPS) is 29.7. The summed E-state index contributed by atoms with van der Waals surface area (Å²) < 4.78 is 5.69. The van der Waals surface area contributed by atoms with Crippen molar-refractivity contribution in [2.75, 3.05) is 13.1 Å². The van der Waals surface area contributed by atoms with Gasteiger partial charge in [-0.05, 0) is 31.5 Å². The van der Waals surface area contributed by atoms with E-state index in [1.807, 2.05) is 24.3 Å². The Kier molecular flexibility index (Phi) is 2.74. The summed E-state index contributed by atoms with van der Waals surface area (Å²) in [6.45, 7) is 3.87. The Hall–Kier alpha value is -1.55. The topological polar surface area (TPSA) is 50.4 Å². The van der Waals surface area contributed by atoms with Crippen LogP contribution in [0, 0.1) is 0 Å². The fourth-order valence-corrected chi connectivity index (χ4v) is 2.63. The number of benzene rings is 1. The fraction of sp³-hybridized carbons (Fsp3) is 0.500. The molecule has 0 aromatic heterocycles. The third kappa shape index (κ3) is 2.08. The third-order valence-electron chi connectivity index (χ3n) is 3.73. The quantitative estimate of drug-likeness (QED) is 0.813. The molecule has 2 aliphatic heterocycles. The molecule has 1 saturated heterocycles. The number of hydrogen-bond acceptors (Lipinski definition) is 3. The van der Waals surface area contributed by atoms with Gasteiger partial charge in [-0.25, -0.2) is 0 Å². The predicted octanol–water partition coefficient (Wildman–Crippen LogP) is 0.858. The van der Waals surface area contributed by atoms with Crippen LogP contribution >= 0.6 is 0 Å². The molecule has 0 spiro atoms. The molecule has 3 rings (SSSR count). The Labute approximate surface area is 107 Å². The van der Waals surface area contributed by atoms with E-state index in [0.717, 1.165) is 30.8 Å². The Bertz CT molecular complexity index is 442. The van der Waals surface area contributed by atoms with Crippen LogP contribution in [0.1, 0.15) is 18.9 Å². The van der Waals surface area contributed by atoms with Gasteiger partial charge in [0.2, 0.25) is 0 Å². The second-order valence-corrected chi connectivity index (χ2v) is 5.40. The number of ether oxygens (including phenoxy) is 1. The molecule has 1 aromatic carbocycles. The third-order valence-corrected chi connectivity index (χ3v) is 3.73. The molecule has 4 nitrogen and oxygen atoms in total. The van der Waals surface area contributed by atoms with Gasteiger partial charge in [-0.2, -0.15) is 0 Å². The number of amides is 1. The summed E-state index contributed by atoms with van der Waals surface area (Å²) in [6, 6.07) is 7.84. The zero-order valence-electron chi connectivity index (χ0n) is 10.5. The average Bonchev–Trinajstić information content (AvgIpc) is 2.95. The SMILES string of the molecule is CC1(NC(=O)C2Cc3ccccc3O2)CCNC1. The van der Waals surface area contributed by atoms with Crippen LogP contribution in [-0.2, 0) is 11.2 Å². The van der Waals surface area contributed by atoms with E-state index in [0.29, 0.717) is 6.42 Å². The van der Waals surface area contributed by atoms with Gasteiger partial charge < -0.3 is 15.4 Å². The van der Waals surface area contributed by atoms with Crippen LogP contribution in [0.3, 0.4) is 0 Å². The molecule has 0 bridgehead atoms. The summed E-state index contributed by atoms with van der Waals surface area (Å²) in [5.74, 6) is 0.838. The molecule has 18 heavy (non-hydrogen) atoms. The molecule has 2 aliphatic rings. The van der Waals surface area contributed by atoms with Gasteiger partial charge in [-0.3, -0.25) is 4.79 Å². The lowest BCUT2D eigenvalue weighted by atomic mass is 10.0. The highest BCUT2D eigenvalue weighted by Gasteiger charge is 2.35. The molecule has 2 atom stereocenters. The summed E-state index contributed by atoms with van der Waals surface area (Å²) >= 11 is 0. The van der Waals surface area contributed by atoms with Crippen molar-refractivity contribution >= 4 is 5.91 Å². The summed E-state index contributed by atoms with van der Waals surface area (Å²) in [5.41, 5.74) is 0.988. The van der Waals surface area contributed by atoms with Gasteiger partial charge in [0, 0.05) is 13.0 Å². The zero-order chi connectivity index (χ0) is 12.6. The second-order valence-electron chi connectivity index (χ2n) is 5.40.